The van der Waals surface area contributed by atoms with Crippen LogP contribution in [-0.2, 0) is 18.3 Å². The zero-order valence-corrected chi connectivity index (χ0v) is 13.7. The molecule has 1 aliphatic heterocycles. The van der Waals surface area contributed by atoms with Gasteiger partial charge >= 0.3 is 6.09 Å². The maximum absolute atomic E-state index is 11.4. The molecule has 6 nitrogen and oxygen atoms in total. The normalized spacial score (nSPS) is 14.9. The zero-order chi connectivity index (χ0) is 15.5. The maximum Gasteiger partial charge on any atom is 0.409 e. The van der Waals surface area contributed by atoms with E-state index in [1.54, 1.807) is 16.2 Å². The number of cyclic esters (lactones) is 1. The monoisotopic (exact) mass is 320 g/mol. The largest absolute Gasteiger partial charge is 0.448 e. The second-order valence-electron chi connectivity index (χ2n) is 5.49. The van der Waals surface area contributed by atoms with E-state index in [1.807, 2.05) is 17.8 Å². The number of carbonyl (C=O) groups is 1. The van der Waals surface area contributed by atoms with Crippen molar-refractivity contribution in [2.24, 2.45) is 7.05 Å². The van der Waals surface area contributed by atoms with Crippen molar-refractivity contribution in [1.82, 2.24) is 19.6 Å². The third kappa shape index (κ3) is 3.31. The number of aromatic nitrogens is 2. The first-order valence-corrected chi connectivity index (χ1v) is 8.18. The van der Waals surface area contributed by atoms with Crippen molar-refractivity contribution in [2.75, 3.05) is 33.3 Å². The summed E-state index contributed by atoms with van der Waals surface area (Å²) in [5, 5.41) is 6.64. The summed E-state index contributed by atoms with van der Waals surface area (Å²) in [6, 6.07) is 4.14. The van der Waals surface area contributed by atoms with Gasteiger partial charge in [-0.3, -0.25) is 4.68 Å². The number of thiophene rings is 1. The molecule has 0 unspecified atom stereocenters. The lowest BCUT2D eigenvalue weighted by molar-refractivity contribution is 0.155. The number of rotatable bonds is 6. The number of amides is 1. The van der Waals surface area contributed by atoms with Crippen molar-refractivity contribution in [2.45, 2.75) is 6.54 Å². The molecular formula is C15H20N4O2S. The Morgan fingerprint density at radius 1 is 1.50 bits per heavy atom. The summed E-state index contributed by atoms with van der Waals surface area (Å²) >= 11 is 1.70. The van der Waals surface area contributed by atoms with E-state index in [4.69, 9.17) is 4.74 Å². The summed E-state index contributed by atoms with van der Waals surface area (Å²) in [5.74, 6) is 0. The fraction of sp³-hybridized carbons (Fsp3) is 0.467. The second kappa shape index (κ2) is 6.50. The van der Waals surface area contributed by atoms with E-state index >= 15 is 0 Å². The highest BCUT2D eigenvalue weighted by atomic mass is 32.1. The number of hydrogen-bond acceptors (Lipinski definition) is 5. The van der Waals surface area contributed by atoms with Crippen LogP contribution in [0.4, 0.5) is 4.79 Å². The first-order chi connectivity index (χ1) is 10.6. The summed E-state index contributed by atoms with van der Waals surface area (Å²) in [6.07, 6.45) is 1.87. The molecule has 2 aromatic heterocycles. The smallest absolute Gasteiger partial charge is 0.409 e. The predicted octanol–water partition coefficient (Wildman–Crippen LogP) is 2.03. The quantitative estimate of drug-likeness (QED) is 0.817. The Hall–Kier alpha value is -1.86. The van der Waals surface area contributed by atoms with Crippen LogP contribution in [0.3, 0.4) is 0 Å². The molecule has 0 atom stereocenters. The van der Waals surface area contributed by atoms with Gasteiger partial charge < -0.3 is 14.5 Å². The average molecular weight is 320 g/mol. The van der Waals surface area contributed by atoms with Gasteiger partial charge in [0.15, 0.2) is 0 Å². The SMILES string of the molecule is CN(CCN1CCOC1=O)Cc1cn(C)nc1-c1cccs1. The molecule has 0 aliphatic carbocycles. The van der Waals surface area contributed by atoms with Crippen LogP contribution in [0.2, 0.25) is 0 Å². The van der Waals surface area contributed by atoms with E-state index < -0.39 is 0 Å². The first-order valence-electron chi connectivity index (χ1n) is 7.30. The third-order valence-electron chi connectivity index (χ3n) is 3.70. The Bertz CT molecular complexity index is 638. The van der Waals surface area contributed by atoms with Gasteiger partial charge in [-0.1, -0.05) is 6.07 Å². The van der Waals surface area contributed by atoms with Crippen molar-refractivity contribution in [3.63, 3.8) is 0 Å². The lowest BCUT2D eigenvalue weighted by Gasteiger charge is -2.19. The molecule has 0 aromatic carbocycles. The van der Waals surface area contributed by atoms with Crippen molar-refractivity contribution in [3.8, 4) is 10.6 Å². The Morgan fingerprint density at radius 2 is 2.36 bits per heavy atom. The molecule has 1 aliphatic rings. The van der Waals surface area contributed by atoms with Crippen LogP contribution in [0, 0.1) is 0 Å². The summed E-state index contributed by atoms with van der Waals surface area (Å²) < 4.78 is 6.80. The van der Waals surface area contributed by atoms with Crippen LogP contribution in [0.1, 0.15) is 5.56 Å². The minimum Gasteiger partial charge on any atom is -0.448 e. The van der Waals surface area contributed by atoms with Gasteiger partial charge in [0.05, 0.1) is 11.4 Å². The highest BCUT2D eigenvalue weighted by Crippen LogP contribution is 2.27. The lowest BCUT2D eigenvalue weighted by atomic mass is 10.2. The highest BCUT2D eigenvalue weighted by molar-refractivity contribution is 7.13. The molecule has 2 aromatic rings. The molecule has 0 bridgehead atoms. The Kier molecular flexibility index (Phi) is 4.44. The van der Waals surface area contributed by atoms with Gasteiger partial charge in [0.2, 0.25) is 0 Å². The van der Waals surface area contributed by atoms with E-state index in [1.165, 1.54) is 10.4 Å². The molecule has 1 saturated heterocycles. The van der Waals surface area contributed by atoms with Gasteiger partial charge in [-0.2, -0.15) is 5.10 Å². The number of hydrogen-bond donors (Lipinski definition) is 0. The van der Waals surface area contributed by atoms with Crippen molar-refractivity contribution >= 4 is 17.4 Å². The molecule has 0 saturated carbocycles. The van der Waals surface area contributed by atoms with Crippen LogP contribution in [0.5, 0.6) is 0 Å². The van der Waals surface area contributed by atoms with E-state index in [9.17, 15) is 4.79 Å². The zero-order valence-electron chi connectivity index (χ0n) is 12.9. The van der Waals surface area contributed by atoms with Crippen LogP contribution in [-0.4, -0.2) is 59.0 Å². The highest BCUT2D eigenvalue weighted by Gasteiger charge is 2.22. The molecule has 1 amide bonds. The molecular weight excluding hydrogens is 300 g/mol. The summed E-state index contributed by atoms with van der Waals surface area (Å²) in [5.41, 5.74) is 2.25. The molecule has 0 N–H and O–H groups in total. The van der Waals surface area contributed by atoms with Crippen LogP contribution >= 0.6 is 11.3 Å². The minimum absolute atomic E-state index is 0.200. The second-order valence-corrected chi connectivity index (χ2v) is 6.44. The number of likely N-dealkylation sites (N-methyl/N-ethyl adjacent to an activating group) is 1. The molecule has 7 heteroatoms. The van der Waals surface area contributed by atoms with Crippen LogP contribution in [0.15, 0.2) is 23.7 Å². The maximum atomic E-state index is 11.4. The lowest BCUT2D eigenvalue weighted by Crippen LogP contribution is -2.33. The van der Waals surface area contributed by atoms with Crippen molar-refractivity contribution in [1.29, 1.82) is 0 Å². The van der Waals surface area contributed by atoms with Gasteiger partial charge in [0.1, 0.15) is 12.3 Å². The topological polar surface area (TPSA) is 50.6 Å². The van der Waals surface area contributed by atoms with E-state index in [2.05, 4.69) is 34.7 Å². The Balaban J connectivity index is 1.62. The van der Waals surface area contributed by atoms with Gasteiger partial charge in [-0.25, -0.2) is 4.79 Å². The minimum atomic E-state index is -0.200. The number of carbonyl (C=O) groups excluding carboxylic acids is 1. The summed E-state index contributed by atoms with van der Waals surface area (Å²) in [4.78, 5) is 16.6. The molecule has 3 heterocycles. The first kappa shape index (κ1) is 15.1. The summed E-state index contributed by atoms with van der Waals surface area (Å²) in [6.45, 7) is 3.52. The fourth-order valence-electron chi connectivity index (χ4n) is 2.56. The van der Waals surface area contributed by atoms with Gasteiger partial charge in [-0.15, -0.1) is 11.3 Å². The third-order valence-corrected chi connectivity index (χ3v) is 4.57. The number of ether oxygens (including phenoxy) is 1. The molecule has 3 rings (SSSR count). The van der Waals surface area contributed by atoms with Crippen LogP contribution < -0.4 is 0 Å². The molecule has 0 radical (unpaired) electrons. The van der Waals surface area contributed by atoms with Crippen LogP contribution in [0.25, 0.3) is 10.6 Å². The Morgan fingerprint density at radius 3 is 3.05 bits per heavy atom. The standard InChI is InChI=1S/C15H20N4O2S/c1-17(5-6-19-7-8-21-15(19)20)10-12-11-18(2)16-14(12)13-4-3-9-22-13/h3-4,9,11H,5-8,10H2,1-2H3. The van der Waals surface area contributed by atoms with Gasteiger partial charge in [-0.05, 0) is 18.5 Å². The predicted molar refractivity (Wildman–Crippen MR) is 85.8 cm³/mol. The molecule has 22 heavy (non-hydrogen) atoms. The number of aryl methyl sites for hydroxylation is 1. The van der Waals surface area contributed by atoms with E-state index in [-0.39, 0.29) is 6.09 Å². The average Bonchev–Trinajstić information content (AvgIpc) is 3.18. The molecule has 0 spiro atoms. The summed E-state index contributed by atoms with van der Waals surface area (Å²) in [7, 11) is 4.01. The number of nitrogens with zero attached hydrogens (tertiary/aromatic N) is 4. The van der Waals surface area contributed by atoms with Gasteiger partial charge in [0.25, 0.3) is 0 Å². The van der Waals surface area contributed by atoms with Crippen molar-refractivity contribution in [3.05, 3.63) is 29.3 Å². The van der Waals surface area contributed by atoms with Crippen molar-refractivity contribution < 1.29 is 9.53 Å². The molecule has 118 valence electrons. The van der Waals surface area contributed by atoms with E-state index in [0.29, 0.717) is 19.7 Å². The van der Waals surface area contributed by atoms with Gasteiger partial charge in [0, 0.05) is 38.4 Å². The Labute approximate surface area is 133 Å². The van der Waals surface area contributed by atoms with E-state index in [0.717, 1.165) is 18.8 Å². The fourth-order valence-corrected chi connectivity index (χ4v) is 3.31. The molecule has 1 fully saturated rings.